The number of fused-ring (bicyclic) bond motifs is 5. The lowest BCUT2D eigenvalue weighted by molar-refractivity contribution is 0.406. The van der Waals surface area contributed by atoms with Crippen molar-refractivity contribution in [3.05, 3.63) is 59.2 Å². The molecule has 3 aromatic rings. The van der Waals surface area contributed by atoms with E-state index in [9.17, 15) is 5.11 Å². The quantitative estimate of drug-likeness (QED) is 0.546. The number of aryl methyl sites for hydroxylation is 1. The lowest BCUT2D eigenvalue weighted by Gasteiger charge is -2.32. The van der Waals surface area contributed by atoms with E-state index in [1.807, 2.05) is 12.1 Å². The van der Waals surface area contributed by atoms with E-state index >= 15 is 0 Å². The van der Waals surface area contributed by atoms with E-state index in [0.29, 0.717) is 5.75 Å². The topological polar surface area (TPSA) is 29.5 Å². The van der Waals surface area contributed by atoms with Gasteiger partial charge in [-0.15, -0.1) is 0 Å². The van der Waals surface area contributed by atoms with Gasteiger partial charge in [-0.05, 0) is 65.6 Å². The van der Waals surface area contributed by atoms with Gasteiger partial charge in [0.05, 0.1) is 7.11 Å². The summed E-state index contributed by atoms with van der Waals surface area (Å²) in [7, 11) is 1.73. The van der Waals surface area contributed by atoms with Gasteiger partial charge in [0, 0.05) is 10.8 Å². The van der Waals surface area contributed by atoms with Crippen molar-refractivity contribution in [2.75, 3.05) is 7.11 Å². The van der Waals surface area contributed by atoms with E-state index in [2.05, 4.69) is 51.1 Å². The van der Waals surface area contributed by atoms with Gasteiger partial charge in [0.15, 0.2) is 0 Å². The zero-order valence-electron chi connectivity index (χ0n) is 16.7. The lowest BCUT2D eigenvalue weighted by Crippen LogP contribution is -2.25. The summed E-state index contributed by atoms with van der Waals surface area (Å²) in [6.07, 6.45) is 4.35. The molecule has 2 heteroatoms. The molecule has 1 N–H and O–H groups in total. The number of aromatic hydroxyl groups is 1. The Balaban J connectivity index is 2.15. The molecule has 1 aliphatic carbocycles. The SMILES string of the molecule is CCCC1(CCC)c2cc(OC)ccc2-c2c1cc(O)c1ccc(C)cc21. The molecule has 0 unspecified atom stereocenters. The molecule has 0 aliphatic heterocycles. The van der Waals surface area contributed by atoms with E-state index in [1.165, 1.54) is 27.8 Å². The first-order valence-corrected chi connectivity index (χ1v) is 10.0. The molecule has 0 atom stereocenters. The van der Waals surface area contributed by atoms with Gasteiger partial charge in [-0.2, -0.15) is 0 Å². The summed E-state index contributed by atoms with van der Waals surface area (Å²) in [4.78, 5) is 0. The van der Waals surface area contributed by atoms with Crippen LogP contribution in [0.5, 0.6) is 11.5 Å². The number of methoxy groups -OCH3 is 1. The number of phenols is 1. The number of phenolic OH excluding ortho intramolecular Hbond substituents is 1. The highest BCUT2D eigenvalue weighted by Crippen LogP contribution is 2.57. The van der Waals surface area contributed by atoms with Crippen LogP contribution in [0.2, 0.25) is 0 Å². The molecule has 0 aromatic heterocycles. The van der Waals surface area contributed by atoms with Crippen LogP contribution in [-0.4, -0.2) is 12.2 Å². The summed E-state index contributed by atoms with van der Waals surface area (Å²) in [6.45, 7) is 6.62. The molecule has 0 bridgehead atoms. The van der Waals surface area contributed by atoms with Crippen LogP contribution in [0.25, 0.3) is 21.9 Å². The Morgan fingerprint density at radius 2 is 1.63 bits per heavy atom. The minimum Gasteiger partial charge on any atom is -0.507 e. The Labute approximate surface area is 161 Å². The molecule has 0 amide bonds. The summed E-state index contributed by atoms with van der Waals surface area (Å²) in [6, 6.07) is 14.9. The molecular formula is C25H28O2. The third-order valence-corrected chi connectivity index (χ3v) is 6.15. The van der Waals surface area contributed by atoms with Crippen LogP contribution in [0, 0.1) is 6.92 Å². The van der Waals surface area contributed by atoms with Crippen molar-refractivity contribution >= 4 is 10.8 Å². The van der Waals surface area contributed by atoms with E-state index in [1.54, 1.807) is 7.11 Å². The average Bonchev–Trinajstić information content (AvgIpc) is 2.92. The molecular weight excluding hydrogens is 332 g/mol. The fourth-order valence-electron chi connectivity index (χ4n) is 5.11. The number of benzene rings is 3. The fourth-order valence-corrected chi connectivity index (χ4v) is 5.11. The highest BCUT2D eigenvalue weighted by molar-refractivity contribution is 6.05. The maximum Gasteiger partial charge on any atom is 0.123 e. The molecule has 4 rings (SSSR count). The summed E-state index contributed by atoms with van der Waals surface area (Å²) in [5.74, 6) is 1.29. The second-order valence-corrected chi connectivity index (χ2v) is 7.86. The number of hydrogen-bond donors (Lipinski definition) is 1. The molecule has 0 saturated carbocycles. The van der Waals surface area contributed by atoms with Gasteiger partial charge >= 0.3 is 0 Å². The monoisotopic (exact) mass is 360 g/mol. The first-order valence-electron chi connectivity index (χ1n) is 10.0. The summed E-state index contributed by atoms with van der Waals surface area (Å²) < 4.78 is 5.57. The largest absolute Gasteiger partial charge is 0.507 e. The molecule has 0 saturated heterocycles. The van der Waals surface area contributed by atoms with Crippen LogP contribution < -0.4 is 4.74 Å². The van der Waals surface area contributed by atoms with Gasteiger partial charge in [-0.25, -0.2) is 0 Å². The summed E-state index contributed by atoms with van der Waals surface area (Å²) in [5.41, 5.74) is 6.39. The van der Waals surface area contributed by atoms with Gasteiger partial charge in [0.1, 0.15) is 11.5 Å². The van der Waals surface area contributed by atoms with Gasteiger partial charge < -0.3 is 9.84 Å². The first kappa shape index (κ1) is 17.9. The highest BCUT2D eigenvalue weighted by atomic mass is 16.5. The van der Waals surface area contributed by atoms with Crippen molar-refractivity contribution in [2.24, 2.45) is 0 Å². The molecule has 27 heavy (non-hydrogen) atoms. The van der Waals surface area contributed by atoms with E-state index in [0.717, 1.165) is 42.2 Å². The van der Waals surface area contributed by atoms with Crippen LogP contribution in [0.15, 0.2) is 42.5 Å². The van der Waals surface area contributed by atoms with E-state index < -0.39 is 0 Å². The molecule has 0 heterocycles. The Kier molecular flexibility index (Phi) is 4.38. The second kappa shape index (κ2) is 6.60. The molecule has 2 nitrogen and oxygen atoms in total. The maximum atomic E-state index is 10.9. The molecule has 1 aliphatic rings. The zero-order valence-corrected chi connectivity index (χ0v) is 16.7. The van der Waals surface area contributed by atoms with Gasteiger partial charge in [0.25, 0.3) is 0 Å². The smallest absolute Gasteiger partial charge is 0.123 e. The lowest BCUT2D eigenvalue weighted by atomic mass is 9.71. The van der Waals surface area contributed by atoms with Crippen LogP contribution in [0.3, 0.4) is 0 Å². The predicted octanol–water partition coefficient (Wildman–Crippen LogP) is 6.73. The normalized spacial score (nSPS) is 14.2. The van der Waals surface area contributed by atoms with E-state index in [4.69, 9.17) is 4.74 Å². The number of hydrogen-bond acceptors (Lipinski definition) is 2. The Morgan fingerprint density at radius 3 is 2.30 bits per heavy atom. The second-order valence-electron chi connectivity index (χ2n) is 7.86. The standard InChI is InChI=1S/C25H28O2/c1-5-11-25(12-6-2)21-14-17(27-4)8-10-19(21)24-20-13-16(3)7-9-18(20)23(26)15-22(24)25/h7-10,13-15,26H,5-6,11-12H2,1-4H3. The maximum absolute atomic E-state index is 10.9. The van der Waals surface area contributed by atoms with Crippen molar-refractivity contribution in [2.45, 2.75) is 51.9 Å². The Morgan fingerprint density at radius 1 is 0.889 bits per heavy atom. The van der Waals surface area contributed by atoms with Crippen molar-refractivity contribution in [3.63, 3.8) is 0 Å². The highest BCUT2D eigenvalue weighted by Gasteiger charge is 2.43. The third kappa shape index (κ3) is 2.54. The third-order valence-electron chi connectivity index (χ3n) is 6.15. The number of rotatable bonds is 5. The fraction of sp³-hybridized carbons (Fsp3) is 0.360. The summed E-state index contributed by atoms with van der Waals surface area (Å²) in [5, 5.41) is 12.9. The van der Waals surface area contributed by atoms with Crippen molar-refractivity contribution < 1.29 is 9.84 Å². The zero-order chi connectivity index (χ0) is 19.2. The Bertz CT molecular complexity index is 1010. The molecule has 3 aromatic carbocycles. The van der Waals surface area contributed by atoms with Crippen molar-refractivity contribution in [1.82, 2.24) is 0 Å². The Hall–Kier alpha value is -2.48. The van der Waals surface area contributed by atoms with Gasteiger partial charge in [-0.3, -0.25) is 0 Å². The summed E-state index contributed by atoms with van der Waals surface area (Å²) >= 11 is 0. The molecule has 0 radical (unpaired) electrons. The van der Waals surface area contributed by atoms with Crippen LogP contribution in [-0.2, 0) is 5.41 Å². The molecule has 140 valence electrons. The number of ether oxygens (including phenoxy) is 1. The minimum absolute atomic E-state index is 0.0574. The van der Waals surface area contributed by atoms with Crippen molar-refractivity contribution in [3.8, 4) is 22.6 Å². The first-order chi connectivity index (χ1) is 13.1. The van der Waals surface area contributed by atoms with Gasteiger partial charge in [-0.1, -0.05) is 56.5 Å². The van der Waals surface area contributed by atoms with Crippen LogP contribution in [0.1, 0.15) is 56.2 Å². The van der Waals surface area contributed by atoms with Crippen LogP contribution >= 0.6 is 0 Å². The van der Waals surface area contributed by atoms with Crippen LogP contribution in [0.4, 0.5) is 0 Å². The van der Waals surface area contributed by atoms with E-state index in [-0.39, 0.29) is 5.41 Å². The van der Waals surface area contributed by atoms with Gasteiger partial charge in [0.2, 0.25) is 0 Å². The molecule has 0 spiro atoms. The van der Waals surface area contributed by atoms with Crippen molar-refractivity contribution in [1.29, 1.82) is 0 Å². The average molecular weight is 360 g/mol. The molecule has 0 fully saturated rings. The predicted molar refractivity (Wildman–Crippen MR) is 113 cm³/mol. The minimum atomic E-state index is -0.0574.